The molecule has 6 nitrogen and oxygen atoms in total. The molecule has 1 aromatic carbocycles. The van der Waals surface area contributed by atoms with Crippen LogP contribution in [-0.4, -0.2) is 16.8 Å². The molecule has 1 heterocycles. The van der Waals surface area contributed by atoms with Crippen LogP contribution in [0.5, 0.6) is 5.95 Å². The van der Waals surface area contributed by atoms with Gasteiger partial charge in [-0.2, -0.15) is 0 Å². The van der Waals surface area contributed by atoms with Crippen LogP contribution in [0.4, 0.5) is 5.69 Å². The first-order valence-corrected chi connectivity index (χ1v) is 6.11. The third-order valence-corrected chi connectivity index (χ3v) is 3.25. The molecule has 0 radical (unpaired) electrons. The molecule has 0 saturated carbocycles. The molecular weight excluding hydrogens is 254 g/mol. The van der Waals surface area contributed by atoms with E-state index in [2.05, 4.69) is 9.79 Å². The minimum atomic E-state index is -0.712. The Morgan fingerprint density at radius 1 is 1.61 bits per heavy atom. The number of carbonyl (C=O) groups is 1. The van der Waals surface area contributed by atoms with Crippen molar-refractivity contribution in [3.8, 4) is 5.95 Å². The zero-order chi connectivity index (χ0) is 13.1. The third-order valence-electron chi connectivity index (χ3n) is 2.26. The second-order valence-electron chi connectivity index (χ2n) is 3.62. The number of carbonyl (C=O) groups excluding carboxylic acids is 1. The Labute approximate surface area is 107 Å². The Morgan fingerprint density at radius 2 is 2.39 bits per heavy atom. The van der Waals surface area contributed by atoms with E-state index < -0.39 is 5.95 Å². The first-order valence-electron chi connectivity index (χ1n) is 5.12. The number of ketones is 1. The summed E-state index contributed by atoms with van der Waals surface area (Å²) in [6, 6.07) is 7.19. The van der Waals surface area contributed by atoms with Crippen molar-refractivity contribution in [3.05, 3.63) is 30.0 Å². The number of aryl methyl sites for hydroxylation is 1. The van der Waals surface area contributed by atoms with Crippen molar-refractivity contribution < 1.29 is 19.1 Å². The molecule has 0 aliphatic heterocycles. The van der Waals surface area contributed by atoms with Crippen molar-refractivity contribution in [1.82, 2.24) is 5.27 Å². The lowest BCUT2D eigenvalue weighted by Crippen LogP contribution is -2.37. The summed E-state index contributed by atoms with van der Waals surface area (Å²) < 4.78 is 5.54. The molecule has 0 amide bonds. The van der Waals surface area contributed by atoms with Gasteiger partial charge in [-0.25, -0.2) is 0 Å². The van der Waals surface area contributed by atoms with Gasteiger partial charge in [-0.3, -0.25) is 4.79 Å². The van der Waals surface area contributed by atoms with Crippen molar-refractivity contribution >= 4 is 23.2 Å². The van der Waals surface area contributed by atoms with E-state index in [9.17, 15) is 9.90 Å². The van der Waals surface area contributed by atoms with Crippen LogP contribution in [0.2, 0.25) is 0 Å². The van der Waals surface area contributed by atoms with Crippen LogP contribution in [-0.2, 0) is 7.05 Å². The lowest BCUT2D eigenvalue weighted by Gasteiger charge is -2.00. The molecule has 2 aromatic rings. The van der Waals surface area contributed by atoms with Gasteiger partial charge in [-0.15, -0.1) is 11.8 Å². The minimum absolute atomic E-state index is 0.0496. The van der Waals surface area contributed by atoms with Gasteiger partial charge < -0.3 is 15.4 Å². The SMILES string of the molecule is C[n+]1noc([O-])c1C(=O)CSc1cccc(N)c1. The molecule has 0 atom stereocenters. The zero-order valence-electron chi connectivity index (χ0n) is 9.62. The van der Waals surface area contributed by atoms with E-state index in [0.717, 1.165) is 9.58 Å². The third kappa shape index (κ3) is 2.62. The summed E-state index contributed by atoms with van der Waals surface area (Å²) >= 11 is 1.31. The van der Waals surface area contributed by atoms with E-state index >= 15 is 0 Å². The monoisotopic (exact) mass is 265 g/mol. The molecule has 0 aliphatic carbocycles. The van der Waals surface area contributed by atoms with Crippen molar-refractivity contribution in [2.75, 3.05) is 11.5 Å². The van der Waals surface area contributed by atoms with E-state index in [4.69, 9.17) is 5.73 Å². The van der Waals surface area contributed by atoms with Crippen molar-refractivity contribution in [3.63, 3.8) is 0 Å². The largest absolute Gasteiger partial charge is 0.539 e. The molecule has 0 spiro atoms. The van der Waals surface area contributed by atoms with Gasteiger partial charge in [-0.1, -0.05) is 10.7 Å². The van der Waals surface area contributed by atoms with Crippen LogP contribution < -0.4 is 15.5 Å². The van der Waals surface area contributed by atoms with Gasteiger partial charge >= 0.3 is 0 Å². The first kappa shape index (κ1) is 12.4. The second-order valence-corrected chi connectivity index (χ2v) is 4.67. The summed E-state index contributed by atoms with van der Waals surface area (Å²) in [6.45, 7) is 0. The normalized spacial score (nSPS) is 10.5. The van der Waals surface area contributed by atoms with Crippen LogP contribution in [0.3, 0.4) is 0 Å². The van der Waals surface area contributed by atoms with Gasteiger partial charge in [0.15, 0.2) is 13.0 Å². The molecule has 0 aliphatic rings. The molecule has 0 unspecified atom stereocenters. The van der Waals surface area contributed by atoms with E-state index in [1.165, 1.54) is 18.8 Å². The highest BCUT2D eigenvalue weighted by Crippen LogP contribution is 2.21. The predicted octanol–water partition coefficient (Wildman–Crippen LogP) is 0.130. The fourth-order valence-electron chi connectivity index (χ4n) is 1.43. The summed E-state index contributed by atoms with van der Waals surface area (Å²) in [4.78, 5) is 12.7. The number of hydrogen-bond acceptors (Lipinski definition) is 6. The van der Waals surface area contributed by atoms with Gasteiger partial charge in [0.05, 0.1) is 11.0 Å². The number of nitrogens with zero attached hydrogens (tertiary/aromatic N) is 2. The first-order chi connectivity index (χ1) is 8.58. The molecule has 1 aromatic heterocycles. The second kappa shape index (κ2) is 5.09. The highest BCUT2D eigenvalue weighted by Gasteiger charge is 2.22. The maximum atomic E-state index is 11.8. The lowest BCUT2D eigenvalue weighted by atomic mass is 10.3. The number of anilines is 1. The fourth-order valence-corrected chi connectivity index (χ4v) is 2.26. The molecule has 0 fully saturated rings. The van der Waals surface area contributed by atoms with Crippen molar-refractivity contribution in [2.45, 2.75) is 4.90 Å². The van der Waals surface area contributed by atoms with Gasteiger partial charge in [0.1, 0.15) is 0 Å². The average molecular weight is 265 g/mol. The van der Waals surface area contributed by atoms with E-state index in [1.807, 2.05) is 6.07 Å². The molecule has 18 heavy (non-hydrogen) atoms. The smallest absolute Gasteiger partial charge is 0.300 e. The Bertz CT molecular complexity index is 563. The number of nitrogens with two attached hydrogens (primary N) is 1. The van der Waals surface area contributed by atoms with E-state index in [1.54, 1.807) is 18.2 Å². The number of thioether (sulfide) groups is 1. The maximum absolute atomic E-state index is 11.8. The maximum Gasteiger partial charge on any atom is 0.300 e. The number of Topliss-reactive ketones (excluding diaryl/α,β-unsaturated/α-hetero) is 1. The van der Waals surface area contributed by atoms with Crippen LogP contribution in [0, 0.1) is 0 Å². The number of nitrogen functional groups attached to an aromatic ring is 1. The van der Waals surface area contributed by atoms with E-state index in [0.29, 0.717) is 5.69 Å². The highest BCUT2D eigenvalue weighted by molar-refractivity contribution is 8.00. The van der Waals surface area contributed by atoms with Gasteiger partial charge in [0.25, 0.3) is 5.69 Å². The Balaban J connectivity index is 2.05. The Morgan fingerprint density at radius 3 is 3.00 bits per heavy atom. The predicted molar refractivity (Wildman–Crippen MR) is 63.0 cm³/mol. The molecule has 0 bridgehead atoms. The fraction of sp³-hybridized carbons (Fsp3) is 0.182. The summed E-state index contributed by atoms with van der Waals surface area (Å²) in [5.41, 5.74) is 6.21. The van der Waals surface area contributed by atoms with Gasteiger partial charge in [0.2, 0.25) is 5.78 Å². The molecule has 2 N–H and O–H groups in total. The lowest BCUT2D eigenvalue weighted by molar-refractivity contribution is -0.741. The summed E-state index contributed by atoms with van der Waals surface area (Å²) in [7, 11) is 1.49. The summed E-state index contributed by atoms with van der Waals surface area (Å²) in [6.07, 6.45) is 0. The van der Waals surface area contributed by atoms with Crippen LogP contribution in [0.25, 0.3) is 0 Å². The molecular formula is C11H11N3O3S. The van der Waals surface area contributed by atoms with E-state index in [-0.39, 0.29) is 17.2 Å². The topological polar surface area (TPSA) is 96.1 Å². The van der Waals surface area contributed by atoms with Crippen molar-refractivity contribution in [1.29, 1.82) is 0 Å². The van der Waals surface area contributed by atoms with Gasteiger partial charge in [0, 0.05) is 10.6 Å². The van der Waals surface area contributed by atoms with Gasteiger partial charge in [-0.05, 0) is 18.2 Å². The Hall–Kier alpha value is -2.02. The molecule has 7 heteroatoms. The summed E-state index contributed by atoms with van der Waals surface area (Å²) in [5.74, 6) is -0.903. The molecule has 94 valence electrons. The number of benzene rings is 1. The standard InChI is InChI=1S/C11H11N3O3S/c1-14-10(11(16)17-13-14)9(15)6-18-8-4-2-3-7(12)5-8/h2-5H,6,12H2,1H3. The number of aromatic nitrogens is 2. The molecule has 0 saturated heterocycles. The Kier molecular flexibility index (Phi) is 3.52. The highest BCUT2D eigenvalue weighted by atomic mass is 32.2. The summed E-state index contributed by atoms with van der Waals surface area (Å²) in [5, 5.41) is 14.6. The number of rotatable bonds is 4. The number of hydrogen-bond donors (Lipinski definition) is 1. The quantitative estimate of drug-likeness (QED) is 0.365. The minimum Gasteiger partial charge on any atom is -0.539 e. The van der Waals surface area contributed by atoms with Crippen LogP contribution >= 0.6 is 11.8 Å². The van der Waals surface area contributed by atoms with Crippen LogP contribution in [0.1, 0.15) is 10.5 Å². The van der Waals surface area contributed by atoms with Crippen LogP contribution in [0.15, 0.2) is 33.7 Å². The molecule has 2 rings (SSSR count). The zero-order valence-corrected chi connectivity index (χ0v) is 10.4. The average Bonchev–Trinajstić information content (AvgIpc) is 2.66. The van der Waals surface area contributed by atoms with Crippen molar-refractivity contribution in [2.24, 2.45) is 7.05 Å².